The molecule has 2 bridgehead atoms. The van der Waals surface area contributed by atoms with Gasteiger partial charge < -0.3 is 9.31 Å². The maximum absolute atomic E-state index is 13.0. The van der Waals surface area contributed by atoms with Gasteiger partial charge in [0.15, 0.2) is 5.78 Å². The molecular weight excluding hydrogens is 335 g/mol. The van der Waals surface area contributed by atoms with Gasteiger partial charge in [-0.05, 0) is 83.1 Å². The molecule has 146 valence electrons. The van der Waals surface area contributed by atoms with Crippen LogP contribution < -0.4 is 0 Å². The van der Waals surface area contributed by atoms with Crippen molar-refractivity contribution < 1.29 is 14.1 Å². The largest absolute Gasteiger partial charge is 0.486 e. The Labute approximate surface area is 164 Å². The van der Waals surface area contributed by atoms with E-state index in [1.807, 2.05) is 12.1 Å². The second kappa shape index (κ2) is 5.94. The van der Waals surface area contributed by atoms with Crippen molar-refractivity contribution in [1.29, 1.82) is 0 Å². The van der Waals surface area contributed by atoms with Crippen molar-refractivity contribution in [2.24, 2.45) is 22.7 Å². The predicted octanol–water partition coefficient (Wildman–Crippen LogP) is 5.07. The molecule has 0 N–H and O–H groups in total. The lowest BCUT2D eigenvalue weighted by molar-refractivity contribution is -0.134. The van der Waals surface area contributed by atoms with Crippen molar-refractivity contribution in [2.75, 3.05) is 0 Å². The first-order valence-electron chi connectivity index (χ1n) is 10.4. The SMILES string of the molecule is C=C1CC23C=CC(=O)C(C)(C/C=C\B4OC(C)(C)C(C)(C)O4)C2CC1CC3. The van der Waals surface area contributed by atoms with Gasteiger partial charge in [-0.2, -0.15) is 0 Å². The van der Waals surface area contributed by atoms with Crippen LogP contribution in [0.4, 0.5) is 0 Å². The fourth-order valence-corrected chi connectivity index (χ4v) is 5.79. The summed E-state index contributed by atoms with van der Waals surface area (Å²) in [5.41, 5.74) is 0.539. The van der Waals surface area contributed by atoms with E-state index in [-0.39, 0.29) is 34.9 Å². The third kappa shape index (κ3) is 2.83. The van der Waals surface area contributed by atoms with Gasteiger partial charge in [0.2, 0.25) is 0 Å². The fourth-order valence-electron chi connectivity index (χ4n) is 5.79. The number of fused-ring (bicyclic) bond motifs is 2. The van der Waals surface area contributed by atoms with Gasteiger partial charge in [0.25, 0.3) is 0 Å². The molecule has 4 heteroatoms. The summed E-state index contributed by atoms with van der Waals surface area (Å²) in [4.78, 5) is 13.0. The first-order valence-corrected chi connectivity index (χ1v) is 10.4. The van der Waals surface area contributed by atoms with Crippen molar-refractivity contribution in [3.63, 3.8) is 0 Å². The third-order valence-electron chi connectivity index (χ3n) is 8.31. The zero-order valence-corrected chi connectivity index (χ0v) is 17.5. The minimum Gasteiger partial charge on any atom is -0.400 e. The summed E-state index contributed by atoms with van der Waals surface area (Å²) in [6.45, 7) is 14.7. The molecule has 5 aliphatic rings. The molecule has 0 radical (unpaired) electrons. The van der Waals surface area contributed by atoms with Crippen LogP contribution in [-0.2, 0) is 14.1 Å². The Balaban J connectivity index is 1.53. The average molecular weight is 368 g/mol. The molecule has 4 unspecified atom stereocenters. The molecule has 0 amide bonds. The van der Waals surface area contributed by atoms with Gasteiger partial charge in [-0.25, -0.2) is 0 Å². The van der Waals surface area contributed by atoms with Crippen LogP contribution in [0.5, 0.6) is 0 Å². The van der Waals surface area contributed by atoms with E-state index in [9.17, 15) is 4.79 Å². The predicted molar refractivity (Wildman–Crippen MR) is 109 cm³/mol. The van der Waals surface area contributed by atoms with Crippen molar-refractivity contribution >= 4 is 12.9 Å². The van der Waals surface area contributed by atoms with Gasteiger partial charge in [-0.3, -0.25) is 4.79 Å². The Bertz CT molecular complexity index is 718. The number of hydrogen-bond acceptors (Lipinski definition) is 3. The van der Waals surface area contributed by atoms with E-state index >= 15 is 0 Å². The van der Waals surface area contributed by atoms with Crippen LogP contribution >= 0.6 is 0 Å². The van der Waals surface area contributed by atoms with E-state index in [0.717, 1.165) is 19.3 Å². The highest BCUT2D eigenvalue weighted by atomic mass is 16.7. The standard InChI is InChI=1S/C23H33BO3/c1-16-15-23-11-8-17(16)14-18(23)22(6,19(25)9-12-23)10-7-13-24-26-20(2,3)21(4,5)27-24/h7,9,12-13,17-18H,1,8,10-11,14-15H2,2-6H3/b13-7-. The molecule has 0 aromatic carbocycles. The zero-order valence-electron chi connectivity index (χ0n) is 17.5. The van der Waals surface area contributed by atoms with Gasteiger partial charge >= 0.3 is 7.12 Å². The highest BCUT2D eigenvalue weighted by Crippen LogP contribution is 2.64. The summed E-state index contributed by atoms with van der Waals surface area (Å²) < 4.78 is 12.1. The van der Waals surface area contributed by atoms with Gasteiger partial charge in [-0.15, -0.1) is 0 Å². The number of allylic oxidation sites excluding steroid dienone is 4. The average Bonchev–Trinajstić information content (AvgIpc) is 2.78. The minimum atomic E-state index is -0.343. The van der Waals surface area contributed by atoms with Crippen molar-refractivity contribution in [3.8, 4) is 0 Å². The Kier molecular flexibility index (Phi) is 4.22. The molecule has 0 aromatic heterocycles. The molecule has 0 aromatic rings. The maximum atomic E-state index is 13.0. The van der Waals surface area contributed by atoms with Crippen LogP contribution in [-0.4, -0.2) is 24.1 Å². The molecule has 3 nitrogen and oxygen atoms in total. The summed E-state index contributed by atoms with van der Waals surface area (Å²) in [7, 11) is -0.343. The van der Waals surface area contributed by atoms with Crippen LogP contribution in [0, 0.1) is 22.7 Å². The van der Waals surface area contributed by atoms with Crippen molar-refractivity contribution in [1.82, 2.24) is 0 Å². The number of carbonyl (C=O) groups excluding carboxylic acids is 1. The van der Waals surface area contributed by atoms with E-state index < -0.39 is 0 Å². The van der Waals surface area contributed by atoms with Crippen LogP contribution in [0.15, 0.2) is 36.4 Å². The Morgan fingerprint density at radius 3 is 2.52 bits per heavy atom. The van der Waals surface area contributed by atoms with Gasteiger partial charge in [-0.1, -0.05) is 37.2 Å². The van der Waals surface area contributed by atoms with E-state index in [2.05, 4.69) is 53.3 Å². The highest BCUT2D eigenvalue weighted by Gasteiger charge is 2.58. The maximum Gasteiger partial charge on any atom is 0.486 e. The summed E-state index contributed by atoms with van der Waals surface area (Å²) in [6, 6.07) is 0. The molecule has 27 heavy (non-hydrogen) atoms. The van der Waals surface area contributed by atoms with Gasteiger partial charge in [0.1, 0.15) is 0 Å². The quantitative estimate of drug-likeness (QED) is 0.515. The highest BCUT2D eigenvalue weighted by molar-refractivity contribution is 6.51. The van der Waals surface area contributed by atoms with Gasteiger partial charge in [0, 0.05) is 5.41 Å². The first-order chi connectivity index (χ1) is 12.5. The summed E-state index contributed by atoms with van der Waals surface area (Å²) >= 11 is 0. The molecule has 1 heterocycles. The second-order valence-corrected chi connectivity index (χ2v) is 10.5. The summed E-state index contributed by atoms with van der Waals surface area (Å²) in [5.74, 6) is 3.28. The van der Waals surface area contributed by atoms with E-state index in [4.69, 9.17) is 9.31 Å². The van der Waals surface area contributed by atoms with E-state index in [1.165, 1.54) is 18.4 Å². The monoisotopic (exact) mass is 368 g/mol. The summed E-state index contributed by atoms with van der Waals surface area (Å²) in [5, 5.41) is 0. The van der Waals surface area contributed by atoms with Crippen LogP contribution in [0.1, 0.15) is 66.7 Å². The first kappa shape index (κ1) is 19.2. The molecule has 1 saturated heterocycles. The lowest BCUT2D eigenvalue weighted by Crippen LogP contribution is -2.53. The summed E-state index contributed by atoms with van der Waals surface area (Å²) in [6.07, 6.45) is 11.5. The topological polar surface area (TPSA) is 35.5 Å². The van der Waals surface area contributed by atoms with Gasteiger partial charge in [0.05, 0.1) is 11.2 Å². The van der Waals surface area contributed by atoms with E-state index in [1.54, 1.807) is 0 Å². The smallest absolute Gasteiger partial charge is 0.400 e. The number of hydrogen-bond donors (Lipinski definition) is 0. The second-order valence-electron chi connectivity index (χ2n) is 10.5. The Morgan fingerprint density at radius 1 is 1.22 bits per heavy atom. The van der Waals surface area contributed by atoms with Crippen LogP contribution in [0.3, 0.4) is 0 Å². The molecular formula is C23H33BO3. The fraction of sp³-hybridized carbons (Fsp3) is 0.696. The zero-order chi connectivity index (χ0) is 19.7. The molecule has 4 fully saturated rings. The lowest BCUT2D eigenvalue weighted by Gasteiger charge is -2.59. The molecule has 4 atom stereocenters. The lowest BCUT2D eigenvalue weighted by atomic mass is 9.44. The van der Waals surface area contributed by atoms with Crippen molar-refractivity contribution in [3.05, 3.63) is 36.4 Å². The molecule has 3 saturated carbocycles. The van der Waals surface area contributed by atoms with Crippen molar-refractivity contribution in [2.45, 2.75) is 77.9 Å². The van der Waals surface area contributed by atoms with Crippen LogP contribution in [0.2, 0.25) is 0 Å². The van der Waals surface area contributed by atoms with E-state index in [0.29, 0.717) is 11.8 Å². The van der Waals surface area contributed by atoms with Crippen LogP contribution in [0.25, 0.3) is 0 Å². The minimum absolute atomic E-state index is 0.146. The molecule has 1 aliphatic heterocycles. The molecule has 1 spiro atoms. The number of ketones is 1. The molecule has 5 rings (SSSR count). The Morgan fingerprint density at radius 2 is 1.89 bits per heavy atom. The normalized spacial score (nSPS) is 42.2. The molecule has 4 aliphatic carbocycles. The number of rotatable bonds is 3. The third-order valence-corrected chi connectivity index (χ3v) is 8.31. The Hall–Kier alpha value is -1.13. The number of carbonyl (C=O) groups is 1.